The number of benzene rings is 3. The summed E-state index contributed by atoms with van der Waals surface area (Å²) in [6, 6.07) is 17.2. The maximum Gasteiger partial charge on any atom is 0.419 e. The number of carbonyl (C=O) groups is 2. The Balaban J connectivity index is 1.50. The molecule has 0 spiro atoms. The van der Waals surface area contributed by atoms with Gasteiger partial charge >= 0.3 is 6.09 Å². The zero-order valence-corrected chi connectivity index (χ0v) is 15.9. The second kappa shape index (κ2) is 7.93. The molecule has 29 heavy (non-hydrogen) atoms. The van der Waals surface area contributed by atoms with Crippen LogP contribution in [0.1, 0.15) is 15.9 Å². The topological polar surface area (TPSA) is 58.6 Å². The molecule has 0 fully saturated rings. The van der Waals surface area contributed by atoms with Crippen molar-refractivity contribution in [2.45, 2.75) is 6.42 Å². The molecular formula is C22H16ClFN2O3. The van der Waals surface area contributed by atoms with Gasteiger partial charge in [0.2, 0.25) is 0 Å². The number of nitrogens with one attached hydrogen (secondary N) is 1. The van der Waals surface area contributed by atoms with Gasteiger partial charge in [0, 0.05) is 22.8 Å². The molecule has 0 radical (unpaired) electrons. The van der Waals surface area contributed by atoms with E-state index in [4.69, 9.17) is 16.3 Å². The molecule has 5 nitrogen and oxygen atoms in total. The zero-order valence-electron chi connectivity index (χ0n) is 15.2. The van der Waals surface area contributed by atoms with Gasteiger partial charge in [0.05, 0.1) is 5.69 Å². The van der Waals surface area contributed by atoms with Crippen molar-refractivity contribution < 1.29 is 18.7 Å². The van der Waals surface area contributed by atoms with E-state index in [1.165, 1.54) is 29.2 Å². The quantitative estimate of drug-likeness (QED) is 0.638. The van der Waals surface area contributed by atoms with Crippen molar-refractivity contribution in [1.82, 2.24) is 0 Å². The average molecular weight is 411 g/mol. The van der Waals surface area contributed by atoms with Gasteiger partial charge in [0.1, 0.15) is 11.6 Å². The monoisotopic (exact) mass is 410 g/mol. The molecule has 0 aliphatic carbocycles. The highest BCUT2D eigenvalue weighted by molar-refractivity contribution is 6.30. The molecule has 7 heteroatoms. The number of amides is 2. The van der Waals surface area contributed by atoms with E-state index in [-0.39, 0.29) is 5.91 Å². The predicted molar refractivity (Wildman–Crippen MR) is 109 cm³/mol. The van der Waals surface area contributed by atoms with Crippen LogP contribution in [0, 0.1) is 5.82 Å². The molecule has 0 saturated carbocycles. The summed E-state index contributed by atoms with van der Waals surface area (Å²) in [7, 11) is 0. The lowest BCUT2D eigenvalue weighted by atomic mass is 10.1. The van der Waals surface area contributed by atoms with Crippen LogP contribution in [0.5, 0.6) is 5.75 Å². The first-order valence-corrected chi connectivity index (χ1v) is 9.32. The lowest BCUT2D eigenvalue weighted by Gasteiger charge is -2.18. The summed E-state index contributed by atoms with van der Waals surface area (Å²) in [6.07, 6.45) is 0.185. The highest BCUT2D eigenvalue weighted by Gasteiger charge is 2.27. The van der Waals surface area contributed by atoms with E-state index in [9.17, 15) is 14.0 Å². The molecule has 1 heterocycles. The van der Waals surface area contributed by atoms with Crippen LogP contribution in [-0.2, 0) is 6.42 Å². The second-order valence-electron chi connectivity index (χ2n) is 6.53. The van der Waals surface area contributed by atoms with Crippen LogP contribution in [0.25, 0.3) is 0 Å². The van der Waals surface area contributed by atoms with Gasteiger partial charge in [-0.3, -0.25) is 9.69 Å². The maximum absolute atomic E-state index is 13.0. The summed E-state index contributed by atoms with van der Waals surface area (Å²) in [4.78, 5) is 26.5. The number of ether oxygens (including phenoxy) is 1. The maximum atomic E-state index is 13.0. The van der Waals surface area contributed by atoms with Crippen LogP contribution in [0.15, 0.2) is 66.7 Å². The standard InChI is InChI=1S/C22H16ClFN2O3/c23-16-4-9-19(10-5-16)29-22(28)26-12-11-14-3-8-18(13-20(14)26)25-21(27)15-1-6-17(24)7-2-15/h1-10,13H,11-12H2,(H,25,27). The van der Waals surface area contributed by atoms with Gasteiger partial charge < -0.3 is 10.1 Å². The van der Waals surface area contributed by atoms with Crippen LogP contribution >= 0.6 is 11.6 Å². The van der Waals surface area contributed by atoms with E-state index in [0.29, 0.717) is 40.7 Å². The van der Waals surface area contributed by atoms with Gasteiger partial charge in [-0.05, 0) is 72.6 Å². The van der Waals surface area contributed by atoms with E-state index in [1.807, 2.05) is 6.07 Å². The van der Waals surface area contributed by atoms with Gasteiger partial charge in [0.15, 0.2) is 0 Å². The molecule has 0 atom stereocenters. The summed E-state index contributed by atoms with van der Waals surface area (Å²) < 4.78 is 18.5. The third kappa shape index (κ3) is 4.22. The van der Waals surface area contributed by atoms with E-state index in [2.05, 4.69) is 5.32 Å². The molecule has 3 aromatic carbocycles. The molecule has 0 bridgehead atoms. The Morgan fingerprint density at radius 1 is 1.00 bits per heavy atom. The van der Waals surface area contributed by atoms with E-state index in [1.54, 1.807) is 36.4 Å². The normalized spacial score (nSPS) is 12.4. The van der Waals surface area contributed by atoms with Crippen molar-refractivity contribution in [3.8, 4) is 5.75 Å². The Morgan fingerprint density at radius 2 is 1.72 bits per heavy atom. The number of anilines is 2. The molecule has 146 valence electrons. The fourth-order valence-electron chi connectivity index (χ4n) is 3.11. The van der Waals surface area contributed by atoms with Crippen LogP contribution in [0.2, 0.25) is 5.02 Å². The molecule has 1 aliphatic heterocycles. The van der Waals surface area contributed by atoms with Crippen molar-refractivity contribution in [2.24, 2.45) is 0 Å². The number of rotatable bonds is 3. The van der Waals surface area contributed by atoms with E-state index < -0.39 is 11.9 Å². The van der Waals surface area contributed by atoms with Crippen molar-refractivity contribution in [3.05, 3.63) is 88.7 Å². The number of carbonyl (C=O) groups excluding carboxylic acids is 2. The third-order valence-electron chi connectivity index (χ3n) is 4.58. The molecule has 0 aromatic heterocycles. The molecular weight excluding hydrogens is 395 g/mol. The summed E-state index contributed by atoms with van der Waals surface area (Å²) in [6.45, 7) is 0.483. The predicted octanol–water partition coefficient (Wildman–Crippen LogP) is 5.29. The van der Waals surface area contributed by atoms with Crippen molar-refractivity contribution in [2.75, 3.05) is 16.8 Å². The largest absolute Gasteiger partial charge is 0.419 e. The third-order valence-corrected chi connectivity index (χ3v) is 4.84. The summed E-state index contributed by atoms with van der Waals surface area (Å²) in [5, 5.41) is 3.32. The first-order chi connectivity index (χ1) is 14.0. The Bertz CT molecular complexity index is 1070. The molecule has 0 unspecified atom stereocenters. The fraction of sp³-hybridized carbons (Fsp3) is 0.0909. The number of halogens is 2. The Kier molecular flexibility index (Phi) is 5.18. The molecule has 3 aromatic rings. The van der Waals surface area contributed by atoms with Crippen LogP contribution in [0.4, 0.5) is 20.6 Å². The van der Waals surface area contributed by atoms with E-state index in [0.717, 1.165) is 5.56 Å². The lowest BCUT2D eigenvalue weighted by molar-refractivity contribution is 0.102. The highest BCUT2D eigenvalue weighted by atomic mass is 35.5. The molecule has 0 saturated heterocycles. The SMILES string of the molecule is O=C(Nc1ccc2c(c1)N(C(=O)Oc1ccc(Cl)cc1)CC2)c1ccc(F)cc1. The minimum atomic E-state index is -0.506. The summed E-state index contributed by atoms with van der Waals surface area (Å²) in [5.74, 6) is -0.374. The van der Waals surface area contributed by atoms with E-state index >= 15 is 0 Å². The van der Waals surface area contributed by atoms with Gasteiger partial charge in [-0.15, -0.1) is 0 Å². The smallest absolute Gasteiger partial charge is 0.410 e. The summed E-state index contributed by atoms with van der Waals surface area (Å²) in [5.41, 5.74) is 2.54. The average Bonchev–Trinajstić information content (AvgIpc) is 3.13. The number of hydrogen-bond acceptors (Lipinski definition) is 3. The van der Waals surface area contributed by atoms with Crippen molar-refractivity contribution in [3.63, 3.8) is 0 Å². The molecule has 1 N–H and O–H groups in total. The first-order valence-electron chi connectivity index (χ1n) is 8.94. The van der Waals surface area contributed by atoms with Crippen LogP contribution in [0.3, 0.4) is 0 Å². The van der Waals surface area contributed by atoms with Crippen LogP contribution in [-0.4, -0.2) is 18.5 Å². The summed E-state index contributed by atoms with van der Waals surface area (Å²) >= 11 is 5.85. The lowest BCUT2D eigenvalue weighted by Crippen LogP contribution is -2.31. The van der Waals surface area contributed by atoms with Gasteiger partial charge in [-0.1, -0.05) is 17.7 Å². The number of fused-ring (bicyclic) bond motifs is 1. The minimum Gasteiger partial charge on any atom is -0.410 e. The van der Waals surface area contributed by atoms with Crippen molar-refractivity contribution in [1.29, 1.82) is 0 Å². The Hall–Kier alpha value is -3.38. The molecule has 2 amide bonds. The minimum absolute atomic E-state index is 0.339. The Morgan fingerprint density at radius 3 is 2.45 bits per heavy atom. The highest BCUT2D eigenvalue weighted by Crippen LogP contribution is 2.32. The Labute approximate surface area is 171 Å². The molecule has 1 aliphatic rings. The van der Waals surface area contributed by atoms with Gasteiger partial charge in [-0.25, -0.2) is 9.18 Å². The van der Waals surface area contributed by atoms with Crippen molar-refractivity contribution >= 4 is 35.0 Å². The zero-order chi connectivity index (χ0) is 20.4. The number of nitrogens with zero attached hydrogens (tertiary/aromatic N) is 1. The fourth-order valence-corrected chi connectivity index (χ4v) is 3.24. The van der Waals surface area contributed by atoms with Gasteiger partial charge in [0.25, 0.3) is 5.91 Å². The van der Waals surface area contributed by atoms with Gasteiger partial charge in [-0.2, -0.15) is 0 Å². The second-order valence-corrected chi connectivity index (χ2v) is 6.96. The van der Waals surface area contributed by atoms with Crippen LogP contribution < -0.4 is 15.0 Å². The molecule has 4 rings (SSSR count). The first kappa shape index (κ1) is 19.0. The number of hydrogen-bond donors (Lipinski definition) is 1.